The second kappa shape index (κ2) is 8.96. The molecule has 0 heterocycles. The van der Waals surface area contributed by atoms with E-state index < -0.39 is 0 Å². The Morgan fingerprint density at radius 1 is 0.469 bits per heavy atom. The molecule has 0 atom stereocenters. The molecule has 0 aliphatic rings. The van der Waals surface area contributed by atoms with Gasteiger partial charge in [0.1, 0.15) is 0 Å². The predicted molar refractivity (Wildman–Crippen MR) is 139 cm³/mol. The lowest BCUT2D eigenvalue weighted by Gasteiger charge is -2.04. The lowest BCUT2D eigenvalue weighted by Crippen LogP contribution is -1.85. The number of fused-ring (bicyclic) bond motifs is 2. The van der Waals surface area contributed by atoms with Crippen LogP contribution in [0.4, 0.5) is 11.4 Å². The van der Waals surface area contributed by atoms with E-state index in [4.69, 9.17) is 23.2 Å². The van der Waals surface area contributed by atoms with Crippen molar-refractivity contribution in [2.45, 2.75) is 0 Å². The van der Waals surface area contributed by atoms with Crippen LogP contribution in [-0.2, 0) is 0 Å². The molecule has 32 heavy (non-hydrogen) atoms. The van der Waals surface area contributed by atoms with Gasteiger partial charge < -0.3 is 0 Å². The number of nitrogens with zero attached hydrogens (tertiary/aromatic N) is 2. The van der Waals surface area contributed by atoms with E-state index in [9.17, 15) is 0 Å². The van der Waals surface area contributed by atoms with E-state index >= 15 is 0 Å². The van der Waals surface area contributed by atoms with Crippen molar-refractivity contribution in [1.82, 2.24) is 0 Å². The summed E-state index contributed by atoms with van der Waals surface area (Å²) < 4.78 is 0. The summed E-state index contributed by atoms with van der Waals surface area (Å²) in [6.45, 7) is 0. The van der Waals surface area contributed by atoms with Crippen LogP contribution >= 0.6 is 23.2 Å². The molecule has 0 saturated heterocycles. The summed E-state index contributed by atoms with van der Waals surface area (Å²) in [5.41, 5.74) is 3.23. The Balaban J connectivity index is 1.47. The third-order valence-electron chi connectivity index (χ3n) is 5.30. The number of para-hydroxylation sites is 2. The molecule has 0 unspecified atom stereocenters. The highest BCUT2D eigenvalue weighted by Crippen LogP contribution is 2.30. The van der Waals surface area contributed by atoms with E-state index in [2.05, 4.69) is 22.1 Å². The fourth-order valence-corrected chi connectivity index (χ4v) is 4.06. The molecule has 0 spiro atoms. The van der Waals surface area contributed by atoms with Gasteiger partial charge in [-0.15, -0.1) is 0 Å². The van der Waals surface area contributed by atoms with Gasteiger partial charge in [-0.05, 0) is 57.9 Å². The Bertz CT molecular complexity index is 1390. The zero-order chi connectivity index (χ0) is 21.9. The third kappa shape index (κ3) is 4.29. The minimum atomic E-state index is 0.663. The molecule has 5 rings (SSSR count). The van der Waals surface area contributed by atoms with Crippen molar-refractivity contribution in [1.29, 1.82) is 0 Å². The van der Waals surface area contributed by atoms with Crippen LogP contribution in [0.15, 0.2) is 107 Å². The highest BCUT2D eigenvalue weighted by Gasteiger charge is 2.04. The molecule has 0 aliphatic heterocycles. The summed E-state index contributed by atoms with van der Waals surface area (Å²) in [5, 5.41) is 5.78. The number of hydrogen-bond donors (Lipinski definition) is 0. The van der Waals surface area contributed by atoms with Crippen LogP contribution in [0.2, 0.25) is 10.0 Å². The van der Waals surface area contributed by atoms with Gasteiger partial charge in [0.2, 0.25) is 0 Å². The van der Waals surface area contributed by atoms with E-state index in [1.807, 2.05) is 84.9 Å². The average molecular weight is 453 g/mol. The zero-order valence-electron chi connectivity index (χ0n) is 17.0. The van der Waals surface area contributed by atoms with Gasteiger partial charge in [0.15, 0.2) is 0 Å². The summed E-state index contributed by atoms with van der Waals surface area (Å²) in [5.74, 6) is 0. The van der Waals surface area contributed by atoms with Crippen molar-refractivity contribution in [2.75, 3.05) is 0 Å². The van der Waals surface area contributed by atoms with Crippen molar-refractivity contribution in [3.8, 4) is 0 Å². The van der Waals surface area contributed by atoms with Gasteiger partial charge in [-0.1, -0.05) is 83.9 Å². The van der Waals surface area contributed by atoms with Gasteiger partial charge in [0, 0.05) is 33.6 Å². The number of rotatable bonds is 4. The molecule has 0 aromatic heterocycles. The molecule has 0 saturated carbocycles. The number of halogens is 2. The van der Waals surface area contributed by atoms with Crippen LogP contribution < -0.4 is 0 Å². The maximum absolute atomic E-state index is 6.48. The third-order valence-corrected chi connectivity index (χ3v) is 5.95. The van der Waals surface area contributed by atoms with Crippen LogP contribution in [0, 0.1) is 0 Å². The first-order chi connectivity index (χ1) is 15.7. The predicted octanol–water partition coefficient (Wildman–Crippen LogP) is 8.80. The first-order valence-corrected chi connectivity index (χ1v) is 11.0. The van der Waals surface area contributed by atoms with Crippen molar-refractivity contribution < 1.29 is 0 Å². The average Bonchev–Trinajstić information content (AvgIpc) is 2.82. The second-order valence-corrected chi connectivity index (χ2v) is 8.26. The second-order valence-electron chi connectivity index (χ2n) is 7.45. The molecule has 0 amide bonds. The minimum Gasteiger partial charge on any atom is -0.254 e. The van der Waals surface area contributed by atoms with E-state index in [0.29, 0.717) is 10.0 Å². The molecule has 2 nitrogen and oxygen atoms in total. The van der Waals surface area contributed by atoms with Crippen LogP contribution in [0.25, 0.3) is 21.5 Å². The van der Waals surface area contributed by atoms with Crippen molar-refractivity contribution in [3.05, 3.63) is 118 Å². The number of aliphatic imine (C=N–C) groups is 2. The largest absolute Gasteiger partial charge is 0.254 e. The smallest absolute Gasteiger partial charge is 0.0886 e. The standard InChI is InChI=1S/C28H18Cl2N2/c29-25-15-21-9-3-1-7-19(21)13-23(25)17-31-27-11-5-6-12-28(27)32-18-24-14-20-8-2-4-10-22(20)16-26(24)30/h1-18H. The topological polar surface area (TPSA) is 24.7 Å². The van der Waals surface area contributed by atoms with Crippen molar-refractivity contribution in [2.24, 2.45) is 9.98 Å². The lowest BCUT2D eigenvalue weighted by molar-refractivity contribution is 1.46. The summed E-state index contributed by atoms with van der Waals surface area (Å²) >= 11 is 13.0. The Kier molecular flexibility index (Phi) is 5.72. The molecule has 0 aliphatic carbocycles. The van der Waals surface area contributed by atoms with E-state index in [-0.39, 0.29) is 0 Å². The zero-order valence-corrected chi connectivity index (χ0v) is 18.6. The van der Waals surface area contributed by atoms with Crippen LogP contribution in [0.3, 0.4) is 0 Å². The lowest BCUT2D eigenvalue weighted by atomic mass is 10.1. The van der Waals surface area contributed by atoms with Crippen molar-refractivity contribution >= 4 is 68.6 Å². The summed E-state index contributed by atoms with van der Waals surface area (Å²) in [6.07, 6.45) is 3.57. The Hall–Kier alpha value is -3.46. The monoisotopic (exact) mass is 452 g/mol. The molecule has 0 fully saturated rings. The fourth-order valence-electron chi connectivity index (χ4n) is 3.62. The van der Waals surface area contributed by atoms with E-state index in [1.54, 1.807) is 12.4 Å². The maximum Gasteiger partial charge on any atom is 0.0886 e. The summed E-state index contributed by atoms with van der Waals surface area (Å²) in [6, 6.07) is 32.0. The van der Waals surface area contributed by atoms with Gasteiger partial charge in [-0.2, -0.15) is 0 Å². The SMILES string of the molecule is Clc1cc2ccccc2cc1C=Nc1ccccc1N=Cc1cc2ccccc2cc1Cl. The van der Waals surface area contributed by atoms with Gasteiger partial charge >= 0.3 is 0 Å². The molecular formula is C28H18Cl2N2. The molecule has 5 aromatic rings. The molecule has 5 aromatic carbocycles. The van der Waals surface area contributed by atoms with E-state index in [0.717, 1.165) is 44.0 Å². The summed E-state index contributed by atoms with van der Waals surface area (Å²) in [7, 11) is 0. The van der Waals surface area contributed by atoms with Crippen LogP contribution in [0.1, 0.15) is 11.1 Å². The minimum absolute atomic E-state index is 0.663. The van der Waals surface area contributed by atoms with Gasteiger partial charge in [-0.25, -0.2) is 0 Å². The quantitative estimate of drug-likeness (QED) is 0.243. The first-order valence-electron chi connectivity index (χ1n) is 10.2. The summed E-state index contributed by atoms with van der Waals surface area (Å²) in [4.78, 5) is 9.35. The molecule has 154 valence electrons. The van der Waals surface area contributed by atoms with E-state index in [1.165, 1.54) is 0 Å². The van der Waals surface area contributed by atoms with Gasteiger partial charge in [-0.3, -0.25) is 9.98 Å². The van der Waals surface area contributed by atoms with Gasteiger partial charge in [0.05, 0.1) is 11.4 Å². The normalized spacial score (nSPS) is 11.8. The van der Waals surface area contributed by atoms with Crippen LogP contribution in [-0.4, -0.2) is 12.4 Å². The number of hydrogen-bond acceptors (Lipinski definition) is 2. The highest BCUT2D eigenvalue weighted by molar-refractivity contribution is 6.34. The highest BCUT2D eigenvalue weighted by atomic mass is 35.5. The Labute approximate surface area is 196 Å². The molecule has 0 N–H and O–H groups in total. The molecule has 0 bridgehead atoms. The molecule has 0 radical (unpaired) electrons. The first kappa shape index (κ1) is 20.4. The Morgan fingerprint density at radius 2 is 0.812 bits per heavy atom. The van der Waals surface area contributed by atoms with Crippen molar-refractivity contribution in [3.63, 3.8) is 0 Å². The number of benzene rings is 5. The molecule has 4 heteroatoms. The van der Waals surface area contributed by atoms with Gasteiger partial charge in [0.25, 0.3) is 0 Å². The molecular weight excluding hydrogens is 435 g/mol. The maximum atomic E-state index is 6.48. The Morgan fingerprint density at radius 3 is 1.22 bits per heavy atom. The van der Waals surface area contributed by atoms with Crippen LogP contribution in [0.5, 0.6) is 0 Å². The fraction of sp³-hybridized carbons (Fsp3) is 0.